The number of carbonyl (C=O) groups is 3. The van der Waals surface area contributed by atoms with Crippen molar-refractivity contribution in [1.82, 2.24) is 15.1 Å². The molecule has 30 heavy (non-hydrogen) atoms. The molecule has 0 aromatic heterocycles. The first-order valence-electron chi connectivity index (χ1n) is 10.6. The zero-order valence-corrected chi connectivity index (χ0v) is 16.6. The average Bonchev–Trinajstić information content (AvgIpc) is 3.02. The zero-order valence-electron chi connectivity index (χ0n) is 16.6. The maximum atomic E-state index is 14.6. The van der Waals surface area contributed by atoms with Gasteiger partial charge in [-0.2, -0.15) is 0 Å². The molecule has 3 amide bonds. The van der Waals surface area contributed by atoms with E-state index in [4.69, 9.17) is 0 Å². The van der Waals surface area contributed by atoms with E-state index in [9.17, 15) is 23.2 Å². The lowest BCUT2D eigenvalue weighted by Gasteiger charge is -2.43. The molecule has 3 aliphatic heterocycles. The normalized spacial score (nSPS) is 25.4. The fourth-order valence-electron chi connectivity index (χ4n) is 5.00. The van der Waals surface area contributed by atoms with Gasteiger partial charge in [-0.25, -0.2) is 8.78 Å². The lowest BCUT2D eigenvalue weighted by molar-refractivity contribution is -0.136. The van der Waals surface area contributed by atoms with Gasteiger partial charge in [0.15, 0.2) is 11.6 Å². The highest BCUT2D eigenvalue weighted by atomic mass is 19.2. The smallest absolute Gasteiger partial charge is 0.257 e. The number of imide groups is 1. The van der Waals surface area contributed by atoms with Gasteiger partial charge in [0.05, 0.1) is 17.8 Å². The van der Waals surface area contributed by atoms with Crippen molar-refractivity contribution < 1.29 is 23.2 Å². The third-order valence-corrected chi connectivity index (χ3v) is 6.93. The standard InChI is InChI=1S/C21H24F2N4O3/c22-14-10-16(26-8-6-25(7-9-26)12-2-1-3-12)18-13(19(14)23)11-27(21(18)30)15-4-5-17(28)24-20(15)29/h10,12,15H,1-9,11H2,(H,24,28,29). The second kappa shape index (κ2) is 7.30. The topological polar surface area (TPSA) is 73.0 Å². The molecule has 1 aromatic rings. The fraction of sp³-hybridized carbons (Fsp3) is 0.571. The third kappa shape index (κ3) is 3.07. The highest BCUT2D eigenvalue weighted by Gasteiger charge is 2.43. The minimum atomic E-state index is -1.04. The number of fused-ring (bicyclic) bond motifs is 1. The van der Waals surface area contributed by atoms with Gasteiger partial charge in [-0.15, -0.1) is 0 Å². The largest absolute Gasteiger partial charge is 0.368 e. The van der Waals surface area contributed by atoms with Crippen LogP contribution < -0.4 is 10.2 Å². The first-order valence-corrected chi connectivity index (χ1v) is 10.6. The van der Waals surface area contributed by atoms with E-state index in [-0.39, 0.29) is 36.4 Å². The van der Waals surface area contributed by atoms with Crippen LogP contribution in [-0.4, -0.2) is 65.8 Å². The molecule has 0 bridgehead atoms. The zero-order chi connectivity index (χ0) is 21.0. The summed E-state index contributed by atoms with van der Waals surface area (Å²) in [6, 6.07) is 0.875. The number of carbonyl (C=O) groups excluding carboxylic acids is 3. The van der Waals surface area contributed by atoms with Gasteiger partial charge >= 0.3 is 0 Å². The van der Waals surface area contributed by atoms with Gasteiger partial charge in [-0.1, -0.05) is 6.42 Å². The van der Waals surface area contributed by atoms with Gasteiger partial charge in [-0.3, -0.25) is 24.6 Å². The summed E-state index contributed by atoms with van der Waals surface area (Å²) in [4.78, 5) is 42.5. The van der Waals surface area contributed by atoms with Crippen LogP contribution in [0.2, 0.25) is 0 Å². The van der Waals surface area contributed by atoms with E-state index >= 15 is 0 Å². The number of rotatable bonds is 3. The lowest BCUT2D eigenvalue weighted by Crippen LogP contribution is -2.53. The van der Waals surface area contributed by atoms with Crippen LogP contribution >= 0.6 is 0 Å². The van der Waals surface area contributed by atoms with Crippen molar-refractivity contribution >= 4 is 23.4 Å². The van der Waals surface area contributed by atoms with Crippen LogP contribution in [0, 0.1) is 11.6 Å². The molecular weight excluding hydrogens is 394 g/mol. The van der Waals surface area contributed by atoms with Crippen molar-refractivity contribution in [3.05, 3.63) is 28.8 Å². The molecule has 0 radical (unpaired) electrons. The van der Waals surface area contributed by atoms with Crippen LogP contribution in [0.4, 0.5) is 14.5 Å². The number of piperidine rings is 1. The van der Waals surface area contributed by atoms with E-state index in [1.807, 2.05) is 4.90 Å². The SMILES string of the molecule is O=C1CCC(N2Cc3c(F)c(F)cc(N4CCN(C5CCC5)CC4)c3C2=O)C(=O)N1. The quantitative estimate of drug-likeness (QED) is 0.752. The number of amides is 3. The maximum Gasteiger partial charge on any atom is 0.257 e. The molecule has 0 spiro atoms. The number of hydrogen-bond acceptors (Lipinski definition) is 5. The summed E-state index contributed by atoms with van der Waals surface area (Å²) in [5, 5.41) is 2.23. The van der Waals surface area contributed by atoms with Crippen molar-refractivity contribution in [2.45, 2.75) is 50.7 Å². The highest BCUT2D eigenvalue weighted by molar-refractivity contribution is 6.08. The lowest BCUT2D eigenvalue weighted by atomic mass is 9.91. The Kier molecular flexibility index (Phi) is 4.72. The summed E-state index contributed by atoms with van der Waals surface area (Å²) in [5.41, 5.74) is 0.550. The van der Waals surface area contributed by atoms with Crippen LogP contribution in [0.25, 0.3) is 0 Å². The highest BCUT2D eigenvalue weighted by Crippen LogP contribution is 2.38. The molecule has 1 saturated carbocycles. The minimum Gasteiger partial charge on any atom is -0.368 e. The second-order valence-electron chi connectivity index (χ2n) is 8.55. The molecule has 3 fully saturated rings. The Morgan fingerprint density at radius 1 is 1.00 bits per heavy atom. The summed E-state index contributed by atoms with van der Waals surface area (Å²) in [7, 11) is 0. The number of anilines is 1. The molecule has 2 saturated heterocycles. The Morgan fingerprint density at radius 3 is 2.37 bits per heavy atom. The summed E-state index contributed by atoms with van der Waals surface area (Å²) < 4.78 is 29.0. The number of nitrogens with zero attached hydrogens (tertiary/aromatic N) is 3. The Morgan fingerprint density at radius 2 is 1.73 bits per heavy atom. The summed E-state index contributed by atoms with van der Waals surface area (Å²) in [6.45, 7) is 2.76. The molecular formula is C21H24F2N4O3. The number of hydrogen-bond donors (Lipinski definition) is 1. The molecule has 1 atom stereocenters. The van der Waals surface area contributed by atoms with E-state index in [1.165, 1.54) is 24.2 Å². The molecule has 3 heterocycles. The molecule has 1 aromatic carbocycles. The molecule has 160 valence electrons. The van der Waals surface area contributed by atoms with Gasteiger partial charge in [0.25, 0.3) is 5.91 Å². The average molecular weight is 418 g/mol. The maximum absolute atomic E-state index is 14.6. The van der Waals surface area contributed by atoms with E-state index in [0.29, 0.717) is 24.8 Å². The van der Waals surface area contributed by atoms with Gasteiger partial charge < -0.3 is 9.80 Å². The Balaban J connectivity index is 1.42. The minimum absolute atomic E-state index is 0.00104. The van der Waals surface area contributed by atoms with Gasteiger partial charge in [0, 0.05) is 50.3 Å². The molecule has 7 nitrogen and oxygen atoms in total. The van der Waals surface area contributed by atoms with Gasteiger partial charge in [0.1, 0.15) is 6.04 Å². The van der Waals surface area contributed by atoms with Crippen LogP contribution in [-0.2, 0) is 16.1 Å². The predicted molar refractivity (Wildman–Crippen MR) is 104 cm³/mol. The Labute approximate surface area is 173 Å². The second-order valence-corrected chi connectivity index (χ2v) is 8.55. The first kappa shape index (κ1) is 19.4. The molecule has 1 aliphatic carbocycles. The third-order valence-electron chi connectivity index (χ3n) is 6.93. The van der Waals surface area contributed by atoms with Crippen LogP contribution in [0.1, 0.15) is 48.0 Å². The number of piperazine rings is 1. The van der Waals surface area contributed by atoms with E-state index in [0.717, 1.165) is 19.2 Å². The molecule has 1 unspecified atom stereocenters. The van der Waals surface area contributed by atoms with Crippen LogP contribution in [0.5, 0.6) is 0 Å². The Hall–Kier alpha value is -2.55. The molecule has 5 rings (SSSR count). The van der Waals surface area contributed by atoms with Crippen LogP contribution in [0.3, 0.4) is 0 Å². The molecule has 9 heteroatoms. The molecule has 1 N–H and O–H groups in total. The van der Waals surface area contributed by atoms with Gasteiger partial charge in [-0.05, 0) is 19.3 Å². The van der Waals surface area contributed by atoms with Gasteiger partial charge in [0.2, 0.25) is 11.8 Å². The first-order chi connectivity index (χ1) is 14.4. The molecule has 4 aliphatic rings. The van der Waals surface area contributed by atoms with Crippen molar-refractivity contribution in [3.8, 4) is 0 Å². The van der Waals surface area contributed by atoms with E-state index < -0.39 is 29.5 Å². The van der Waals surface area contributed by atoms with E-state index in [2.05, 4.69) is 10.2 Å². The summed E-state index contributed by atoms with van der Waals surface area (Å²) in [6.07, 6.45) is 3.97. The number of nitrogens with one attached hydrogen (secondary N) is 1. The monoisotopic (exact) mass is 418 g/mol. The predicted octanol–water partition coefficient (Wildman–Crippen LogP) is 1.40. The number of halogens is 2. The van der Waals surface area contributed by atoms with Crippen molar-refractivity contribution in [1.29, 1.82) is 0 Å². The van der Waals surface area contributed by atoms with Crippen molar-refractivity contribution in [2.75, 3.05) is 31.1 Å². The van der Waals surface area contributed by atoms with E-state index in [1.54, 1.807) is 0 Å². The summed E-state index contributed by atoms with van der Waals surface area (Å²) >= 11 is 0. The summed E-state index contributed by atoms with van der Waals surface area (Å²) in [5.74, 6) is -3.45. The van der Waals surface area contributed by atoms with Crippen molar-refractivity contribution in [2.24, 2.45) is 0 Å². The van der Waals surface area contributed by atoms with Crippen LogP contribution in [0.15, 0.2) is 6.07 Å². The van der Waals surface area contributed by atoms with Crippen molar-refractivity contribution in [3.63, 3.8) is 0 Å². The fourth-order valence-corrected chi connectivity index (χ4v) is 5.00. The number of benzene rings is 1. The Bertz CT molecular complexity index is 925.